The molecule has 0 saturated heterocycles. The first-order chi connectivity index (χ1) is 19.7. The maximum atomic E-state index is 13.1. The van der Waals surface area contributed by atoms with Gasteiger partial charge in [-0.1, -0.05) is 108 Å². The molecule has 0 amide bonds. The normalized spacial score (nSPS) is 35.4. The summed E-state index contributed by atoms with van der Waals surface area (Å²) in [5, 5.41) is 2.35. The van der Waals surface area contributed by atoms with E-state index in [0.29, 0.717) is 17.3 Å². The monoisotopic (exact) mass is 554 g/mol. The minimum absolute atomic E-state index is 0.0322. The van der Waals surface area contributed by atoms with Gasteiger partial charge in [0.1, 0.15) is 6.10 Å². The second kappa shape index (κ2) is 11.5. The van der Waals surface area contributed by atoms with E-state index in [9.17, 15) is 4.79 Å². The number of benzene rings is 2. The van der Waals surface area contributed by atoms with Crippen LogP contribution in [-0.2, 0) is 16.0 Å². The molecular weight excluding hydrogens is 500 g/mol. The number of rotatable bonds is 8. The van der Waals surface area contributed by atoms with E-state index in [4.69, 9.17) is 4.74 Å². The van der Waals surface area contributed by atoms with Gasteiger partial charge in [0.25, 0.3) is 0 Å². The number of hydrogen-bond acceptors (Lipinski definition) is 2. The molecule has 0 aromatic heterocycles. The zero-order valence-corrected chi connectivity index (χ0v) is 26.5. The molecule has 0 heterocycles. The van der Waals surface area contributed by atoms with Crippen LogP contribution >= 0.6 is 0 Å². The number of fused-ring (bicyclic) bond motifs is 6. The van der Waals surface area contributed by atoms with Gasteiger partial charge in [-0.25, -0.2) is 0 Å². The number of hydrogen-bond donors (Lipinski definition) is 0. The molecule has 2 heteroatoms. The minimum Gasteiger partial charge on any atom is -0.462 e. The van der Waals surface area contributed by atoms with Gasteiger partial charge >= 0.3 is 5.97 Å². The topological polar surface area (TPSA) is 26.3 Å². The highest BCUT2D eigenvalue weighted by Gasteiger charge is 2.59. The van der Waals surface area contributed by atoms with Gasteiger partial charge in [-0.2, -0.15) is 0 Å². The molecule has 41 heavy (non-hydrogen) atoms. The summed E-state index contributed by atoms with van der Waals surface area (Å²) >= 11 is 0. The van der Waals surface area contributed by atoms with Crippen LogP contribution in [0.2, 0.25) is 0 Å². The van der Waals surface area contributed by atoms with Gasteiger partial charge in [0, 0.05) is 6.42 Å². The largest absolute Gasteiger partial charge is 0.462 e. The molecule has 0 bridgehead atoms. The summed E-state index contributed by atoms with van der Waals surface area (Å²) in [6.45, 7) is 12.6. The highest BCUT2D eigenvalue weighted by molar-refractivity contribution is 5.89. The smallest absolute Gasteiger partial charge is 0.310 e. The maximum Gasteiger partial charge on any atom is 0.310 e. The van der Waals surface area contributed by atoms with E-state index in [1.807, 2.05) is 0 Å². The predicted octanol–water partition coefficient (Wildman–Crippen LogP) is 10.3. The predicted molar refractivity (Wildman–Crippen MR) is 171 cm³/mol. The molecule has 4 aliphatic rings. The number of esters is 1. The van der Waals surface area contributed by atoms with Gasteiger partial charge in [-0.15, -0.1) is 0 Å². The van der Waals surface area contributed by atoms with Crippen LogP contribution in [0.4, 0.5) is 0 Å². The second-order valence-electron chi connectivity index (χ2n) is 15.5. The Kier molecular flexibility index (Phi) is 8.16. The third-order valence-electron chi connectivity index (χ3n) is 12.8. The first-order valence-electron chi connectivity index (χ1n) is 17.0. The van der Waals surface area contributed by atoms with Crippen LogP contribution in [0.5, 0.6) is 0 Å². The first kappa shape index (κ1) is 29.0. The number of carbonyl (C=O) groups is 1. The number of carbonyl (C=O) groups excluding carboxylic acids is 1. The molecule has 0 aliphatic heterocycles. The Balaban J connectivity index is 1.10. The highest BCUT2D eigenvalue weighted by atomic mass is 16.5. The maximum absolute atomic E-state index is 13.1. The Labute approximate surface area is 249 Å². The van der Waals surface area contributed by atoms with Gasteiger partial charge < -0.3 is 4.74 Å². The SMILES string of the molecule is CC(C)CCC[C@@H](C)[C@H]1CC[C@H]2[C@@H]3CC=C4CC(OC(=O)Cc5cccc6ccccc56)CC[C@]4(C)[C@H]3CC[C@]12C. The molecule has 3 fully saturated rings. The van der Waals surface area contributed by atoms with E-state index in [1.165, 1.54) is 63.2 Å². The Hall–Kier alpha value is -2.09. The van der Waals surface area contributed by atoms with Crippen LogP contribution in [-0.4, -0.2) is 12.1 Å². The lowest BCUT2D eigenvalue weighted by atomic mass is 9.47. The summed E-state index contributed by atoms with van der Waals surface area (Å²) in [5.41, 5.74) is 3.51. The van der Waals surface area contributed by atoms with E-state index in [0.717, 1.165) is 59.3 Å². The summed E-state index contributed by atoms with van der Waals surface area (Å²) in [5.74, 6) is 5.09. The van der Waals surface area contributed by atoms with E-state index < -0.39 is 0 Å². The van der Waals surface area contributed by atoms with E-state index >= 15 is 0 Å². The van der Waals surface area contributed by atoms with Gasteiger partial charge in [-0.05, 0) is 108 Å². The van der Waals surface area contributed by atoms with Crippen LogP contribution < -0.4 is 0 Å². The summed E-state index contributed by atoms with van der Waals surface area (Å²) in [6, 6.07) is 14.6. The van der Waals surface area contributed by atoms with Crippen LogP contribution in [0, 0.1) is 46.3 Å². The molecular formula is C39H54O2. The average Bonchev–Trinajstić information content (AvgIpc) is 3.30. The van der Waals surface area contributed by atoms with Gasteiger partial charge in [-0.3, -0.25) is 4.79 Å². The van der Waals surface area contributed by atoms with Gasteiger partial charge in [0.2, 0.25) is 0 Å². The molecule has 6 rings (SSSR count). The molecule has 2 aromatic rings. The Morgan fingerprint density at radius 1 is 0.927 bits per heavy atom. The van der Waals surface area contributed by atoms with E-state index in [2.05, 4.69) is 83.2 Å². The molecule has 1 unspecified atom stereocenters. The molecule has 0 radical (unpaired) electrons. The van der Waals surface area contributed by atoms with Gasteiger partial charge in [0.15, 0.2) is 0 Å². The van der Waals surface area contributed by atoms with Crippen molar-refractivity contribution < 1.29 is 9.53 Å². The van der Waals surface area contributed by atoms with Gasteiger partial charge in [0.05, 0.1) is 6.42 Å². The van der Waals surface area contributed by atoms with Crippen molar-refractivity contribution in [1.82, 2.24) is 0 Å². The van der Waals surface area contributed by atoms with Crippen LogP contribution in [0.1, 0.15) is 111 Å². The van der Waals surface area contributed by atoms with E-state index in [-0.39, 0.29) is 12.1 Å². The summed E-state index contributed by atoms with van der Waals surface area (Å²) in [6.07, 6.45) is 17.3. The summed E-state index contributed by atoms with van der Waals surface area (Å²) in [7, 11) is 0. The molecule has 3 saturated carbocycles. The first-order valence-corrected chi connectivity index (χ1v) is 17.0. The zero-order chi connectivity index (χ0) is 28.8. The molecule has 8 atom stereocenters. The molecule has 0 N–H and O–H groups in total. The summed E-state index contributed by atoms with van der Waals surface area (Å²) in [4.78, 5) is 13.1. The standard InChI is InChI=1S/C39H54O2/c1-26(2)10-8-11-27(3)34-18-19-35-33-17-16-30-25-31(20-22-38(30,4)36(33)21-23-39(34,35)5)41-37(40)24-29-14-9-13-28-12-6-7-15-32(28)29/h6-7,9,12-16,26-27,31,33-36H,8,10-11,17-25H2,1-5H3/t27-,31?,33+,34-,35+,36+,38+,39-/m1/s1. The zero-order valence-electron chi connectivity index (χ0n) is 26.5. The fourth-order valence-electron chi connectivity index (χ4n) is 10.6. The number of allylic oxidation sites excluding steroid dienone is 1. The van der Waals surface area contributed by atoms with E-state index in [1.54, 1.807) is 5.57 Å². The van der Waals surface area contributed by atoms with Crippen molar-refractivity contribution >= 4 is 16.7 Å². The quantitative estimate of drug-likeness (QED) is 0.240. The third-order valence-corrected chi connectivity index (χ3v) is 12.8. The molecule has 2 aromatic carbocycles. The van der Waals surface area contributed by atoms with Crippen molar-refractivity contribution in [2.24, 2.45) is 46.3 Å². The molecule has 2 nitrogen and oxygen atoms in total. The Morgan fingerprint density at radius 3 is 2.56 bits per heavy atom. The van der Waals surface area contributed by atoms with Crippen molar-refractivity contribution in [3.63, 3.8) is 0 Å². The number of ether oxygens (including phenoxy) is 1. The average molecular weight is 555 g/mol. The van der Waals surface area contributed by atoms with Crippen molar-refractivity contribution in [2.45, 2.75) is 118 Å². The van der Waals surface area contributed by atoms with Crippen LogP contribution in [0.15, 0.2) is 54.1 Å². The second-order valence-corrected chi connectivity index (χ2v) is 15.5. The lowest BCUT2D eigenvalue weighted by molar-refractivity contribution is -0.150. The van der Waals surface area contributed by atoms with Crippen molar-refractivity contribution in [3.8, 4) is 0 Å². The third kappa shape index (κ3) is 5.43. The van der Waals surface area contributed by atoms with Crippen molar-refractivity contribution in [2.75, 3.05) is 0 Å². The summed E-state index contributed by atoms with van der Waals surface area (Å²) < 4.78 is 6.17. The lowest BCUT2D eigenvalue weighted by Gasteiger charge is -2.58. The minimum atomic E-state index is -0.0720. The van der Waals surface area contributed by atoms with Crippen molar-refractivity contribution in [3.05, 3.63) is 59.7 Å². The molecule has 222 valence electrons. The molecule has 4 aliphatic carbocycles. The Morgan fingerprint density at radius 2 is 1.73 bits per heavy atom. The fourth-order valence-corrected chi connectivity index (χ4v) is 10.6. The van der Waals surface area contributed by atoms with Crippen molar-refractivity contribution in [1.29, 1.82) is 0 Å². The highest BCUT2D eigenvalue weighted by Crippen LogP contribution is 2.67. The lowest BCUT2D eigenvalue weighted by Crippen LogP contribution is -2.51. The van der Waals surface area contributed by atoms with Crippen LogP contribution in [0.3, 0.4) is 0 Å². The van der Waals surface area contributed by atoms with Crippen LogP contribution in [0.25, 0.3) is 10.8 Å². The fraction of sp³-hybridized carbons (Fsp3) is 0.667. The Bertz CT molecular complexity index is 1270. The molecule has 0 spiro atoms.